The molecule has 1 N–H and O–H groups in total. The highest BCUT2D eigenvalue weighted by Crippen LogP contribution is 2.37. The van der Waals surface area contributed by atoms with Crippen LogP contribution < -0.4 is 5.32 Å². The van der Waals surface area contributed by atoms with Gasteiger partial charge in [0.2, 0.25) is 5.91 Å². The molecule has 0 saturated carbocycles. The first kappa shape index (κ1) is 23.3. The molecule has 0 spiro atoms. The van der Waals surface area contributed by atoms with Crippen LogP contribution in [0.15, 0.2) is 36.4 Å². The third kappa shape index (κ3) is 7.06. The molecule has 1 amide bonds. The standard InChI is InChI=1S/C26H33NO3S/c1-2-30-26(29)24-21-16-12-7-5-3-4-6-8-13-17-22(21)31-25(24)27-23(28)19-18-20-14-10-9-11-15-20/h9-11,14-15,18-19H,2-8,12-13,16-17H2,1H3,(H,27,28). The lowest BCUT2D eigenvalue weighted by Gasteiger charge is -2.10. The number of nitrogens with one attached hydrogen (secondary N) is 1. The molecule has 1 aromatic heterocycles. The Hall–Kier alpha value is -2.40. The van der Waals surface area contributed by atoms with Crippen LogP contribution in [0.5, 0.6) is 0 Å². The number of amides is 1. The summed E-state index contributed by atoms with van der Waals surface area (Å²) in [6.07, 6.45) is 14.9. The SMILES string of the molecule is CCOC(=O)c1c(NC(=O)C=Cc2ccccc2)sc2c1CCCCCCCCCC2. The Morgan fingerprint density at radius 3 is 2.29 bits per heavy atom. The van der Waals surface area contributed by atoms with E-state index in [1.807, 2.05) is 37.3 Å². The first-order valence-corrected chi connectivity index (χ1v) is 12.4. The summed E-state index contributed by atoms with van der Waals surface area (Å²) in [5, 5.41) is 3.59. The van der Waals surface area contributed by atoms with Crippen molar-refractivity contribution in [2.24, 2.45) is 0 Å². The molecule has 0 unspecified atom stereocenters. The van der Waals surface area contributed by atoms with E-state index in [0.29, 0.717) is 17.2 Å². The minimum atomic E-state index is -0.325. The molecule has 5 heteroatoms. The molecule has 1 aliphatic carbocycles. The van der Waals surface area contributed by atoms with Gasteiger partial charge in [-0.25, -0.2) is 4.79 Å². The molecular weight excluding hydrogens is 406 g/mol. The predicted molar refractivity (Wildman–Crippen MR) is 129 cm³/mol. The van der Waals surface area contributed by atoms with Crippen molar-refractivity contribution in [3.05, 3.63) is 58.0 Å². The highest BCUT2D eigenvalue weighted by atomic mass is 32.1. The molecule has 31 heavy (non-hydrogen) atoms. The van der Waals surface area contributed by atoms with E-state index in [1.54, 1.807) is 17.4 Å². The summed E-state index contributed by atoms with van der Waals surface area (Å²) in [6.45, 7) is 2.14. The first-order valence-electron chi connectivity index (χ1n) is 11.5. The minimum absolute atomic E-state index is 0.230. The number of hydrogen-bond donors (Lipinski definition) is 1. The summed E-state index contributed by atoms with van der Waals surface area (Å²) in [5.74, 6) is -0.555. The van der Waals surface area contributed by atoms with Gasteiger partial charge in [0, 0.05) is 11.0 Å². The van der Waals surface area contributed by atoms with E-state index in [0.717, 1.165) is 36.8 Å². The Morgan fingerprint density at radius 2 is 1.61 bits per heavy atom. The van der Waals surface area contributed by atoms with Crippen LogP contribution in [0.2, 0.25) is 0 Å². The number of aryl methyl sites for hydroxylation is 1. The summed E-state index contributed by atoms with van der Waals surface area (Å²) in [4.78, 5) is 26.7. The minimum Gasteiger partial charge on any atom is -0.462 e. The van der Waals surface area contributed by atoms with Crippen molar-refractivity contribution in [2.75, 3.05) is 11.9 Å². The van der Waals surface area contributed by atoms with Crippen LogP contribution in [0.1, 0.15) is 84.7 Å². The molecule has 1 aliphatic rings. The monoisotopic (exact) mass is 439 g/mol. The quantitative estimate of drug-likeness (QED) is 0.412. The third-order valence-electron chi connectivity index (χ3n) is 5.61. The summed E-state index contributed by atoms with van der Waals surface area (Å²) >= 11 is 1.55. The molecule has 0 fully saturated rings. The Balaban J connectivity index is 1.85. The van der Waals surface area contributed by atoms with Crippen molar-refractivity contribution in [1.82, 2.24) is 0 Å². The van der Waals surface area contributed by atoms with E-state index in [-0.39, 0.29) is 11.9 Å². The summed E-state index contributed by atoms with van der Waals surface area (Å²) in [6, 6.07) is 9.71. The van der Waals surface area contributed by atoms with Crippen LogP contribution in [-0.4, -0.2) is 18.5 Å². The Bertz CT molecular complexity index is 886. The van der Waals surface area contributed by atoms with Crippen molar-refractivity contribution in [2.45, 2.75) is 71.1 Å². The van der Waals surface area contributed by atoms with Gasteiger partial charge in [-0.1, -0.05) is 68.9 Å². The largest absolute Gasteiger partial charge is 0.462 e. The fourth-order valence-electron chi connectivity index (χ4n) is 4.02. The van der Waals surface area contributed by atoms with Gasteiger partial charge >= 0.3 is 5.97 Å². The van der Waals surface area contributed by atoms with E-state index in [1.165, 1.54) is 49.5 Å². The molecule has 0 radical (unpaired) electrons. The molecule has 4 nitrogen and oxygen atoms in total. The Morgan fingerprint density at radius 1 is 0.968 bits per heavy atom. The number of thiophene rings is 1. The lowest BCUT2D eigenvalue weighted by molar-refractivity contribution is -0.111. The van der Waals surface area contributed by atoms with Crippen molar-refractivity contribution in [1.29, 1.82) is 0 Å². The number of fused-ring (bicyclic) bond motifs is 1. The molecule has 1 heterocycles. The maximum atomic E-state index is 12.8. The van der Waals surface area contributed by atoms with Gasteiger partial charge in [-0.05, 0) is 49.8 Å². The second-order valence-corrected chi connectivity index (χ2v) is 9.10. The van der Waals surface area contributed by atoms with Gasteiger partial charge in [-0.2, -0.15) is 0 Å². The zero-order valence-electron chi connectivity index (χ0n) is 18.5. The van der Waals surface area contributed by atoms with Crippen LogP contribution in [0.4, 0.5) is 5.00 Å². The topological polar surface area (TPSA) is 55.4 Å². The number of carbonyl (C=O) groups excluding carboxylic acids is 2. The average molecular weight is 440 g/mol. The lowest BCUT2D eigenvalue weighted by atomic mass is 9.97. The summed E-state index contributed by atoms with van der Waals surface area (Å²) in [7, 11) is 0. The number of esters is 1. The van der Waals surface area contributed by atoms with Gasteiger partial charge in [0.15, 0.2) is 0 Å². The molecular formula is C26H33NO3S. The molecule has 0 atom stereocenters. The van der Waals surface area contributed by atoms with Crippen molar-refractivity contribution < 1.29 is 14.3 Å². The normalized spacial score (nSPS) is 15.5. The summed E-state index contributed by atoms with van der Waals surface area (Å²) in [5.41, 5.74) is 2.62. The van der Waals surface area contributed by atoms with Gasteiger partial charge in [0.25, 0.3) is 0 Å². The third-order valence-corrected chi connectivity index (χ3v) is 6.82. The zero-order chi connectivity index (χ0) is 21.9. The smallest absolute Gasteiger partial charge is 0.341 e. The first-order chi connectivity index (χ1) is 15.2. The Kier molecular flexibility index (Phi) is 9.35. The summed E-state index contributed by atoms with van der Waals surface area (Å²) < 4.78 is 5.37. The number of benzene rings is 1. The number of hydrogen-bond acceptors (Lipinski definition) is 4. The van der Waals surface area contributed by atoms with Crippen molar-refractivity contribution >= 4 is 34.3 Å². The van der Waals surface area contributed by atoms with Gasteiger partial charge in [0.05, 0.1) is 12.2 Å². The van der Waals surface area contributed by atoms with Crippen LogP contribution in [0, 0.1) is 0 Å². The zero-order valence-corrected chi connectivity index (χ0v) is 19.3. The molecule has 0 bridgehead atoms. The second kappa shape index (κ2) is 12.5. The average Bonchev–Trinajstić information content (AvgIpc) is 3.10. The van der Waals surface area contributed by atoms with Gasteiger partial charge in [-0.3, -0.25) is 4.79 Å². The van der Waals surface area contributed by atoms with E-state index < -0.39 is 0 Å². The van der Waals surface area contributed by atoms with Crippen LogP contribution in [-0.2, 0) is 22.4 Å². The van der Waals surface area contributed by atoms with Crippen LogP contribution in [0.25, 0.3) is 6.08 Å². The molecule has 0 aliphatic heterocycles. The number of carbonyl (C=O) groups is 2. The van der Waals surface area contributed by atoms with Crippen molar-refractivity contribution in [3.8, 4) is 0 Å². The maximum Gasteiger partial charge on any atom is 0.341 e. The van der Waals surface area contributed by atoms with Crippen LogP contribution >= 0.6 is 11.3 Å². The van der Waals surface area contributed by atoms with E-state index in [2.05, 4.69) is 5.32 Å². The highest BCUT2D eigenvalue weighted by Gasteiger charge is 2.25. The predicted octanol–water partition coefficient (Wildman–Crippen LogP) is 6.80. The number of rotatable bonds is 5. The van der Waals surface area contributed by atoms with Gasteiger partial charge in [-0.15, -0.1) is 11.3 Å². The fraction of sp³-hybridized carbons (Fsp3) is 0.462. The molecule has 3 rings (SSSR count). The molecule has 2 aromatic rings. The van der Waals surface area contributed by atoms with E-state index in [4.69, 9.17) is 4.74 Å². The number of anilines is 1. The lowest BCUT2D eigenvalue weighted by Crippen LogP contribution is -2.13. The number of ether oxygens (including phenoxy) is 1. The second-order valence-electron chi connectivity index (χ2n) is 7.99. The fourth-order valence-corrected chi connectivity index (χ4v) is 5.30. The highest BCUT2D eigenvalue weighted by molar-refractivity contribution is 7.17. The maximum absolute atomic E-state index is 12.8. The van der Waals surface area contributed by atoms with E-state index >= 15 is 0 Å². The Labute approximate surface area is 189 Å². The van der Waals surface area contributed by atoms with Gasteiger partial charge in [0.1, 0.15) is 5.00 Å². The molecule has 166 valence electrons. The molecule has 1 aromatic carbocycles. The van der Waals surface area contributed by atoms with Crippen molar-refractivity contribution in [3.63, 3.8) is 0 Å². The van der Waals surface area contributed by atoms with Crippen LogP contribution in [0.3, 0.4) is 0 Å². The van der Waals surface area contributed by atoms with Gasteiger partial charge < -0.3 is 10.1 Å². The molecule has 0 saturated heterocycles. The van der Waals surface area contributed by atoms with E-state index in [9.17, 15) is 9.59 Å².